The van der Waals surface area contributed by atoms with Crippen LogP contribution in [-0.2, 0) is 16.0 Å². The van der Waals surface area contributed by atoms with Gasteiger partial charge in [-0.05, 0) is 30.5 Å². The Morgan fingerprint density at radius 2 is 2.08 bits per heavy atom. The molecule has 0 saturated heterocycles. The van der Waals surface area contributed by atoms with Crippen LogP contribution in [0.2, 0.25) is 0 Å². The summed E-state index contributed by atoms with van der Waals surface area (Å²) in [5.41, 5.74) is 7.77. The summed E-state index contributed by atoms with van der Waals surface area (Å²) in [6.45, 7) is 0. The summed E-state index contributed by atoms with van der Waals surface area (Å²) in [7, 11) is 0. The van der Waals surface area contributed by atoms with Gasteiger partial charge in [-0.3, -0.25) is 14.4 Å². The number of nitrogens with two attached hydrogens (primary N) is 1. The van der Waals surface area contributed by atoms with Crippen LogP contribution < -0.4 is 16.4 Å². The van der Waals surface area contributed by atoms with Gasteiger partial charge in [-0.1, -0.05) is 18.2 Å². The summed E-state index contributed by atoms with van der Waals surface area (Å²) >= 11 is 0. The third-order valence-electron chi connectivity index (χ3n) is 4.06. The van der Waals surface area contributed by atoms with Crippen molar-refractivity contribution in [3.8, 4) is 0 Å². The van der Waals surface area contributed by atoms with Gasteiger partial charge in [-0.25, -0.2) is 0 Å². The second-order valence-electron chi connectivity index (χ2n) is 5.80. The molecule has 7 heteroatoms. The van der Waals surface area contributed by atoms with Crippen molar-refractivity contribution in [1.29, 1.82) is 0 Å². The fourth-order valence-corrected chi connectivity index (χ4v) is 2.78. The molecule has 2 aromatic rings. The summed E-state index contributed by atoms with van der Waals surface area (Å²) in [6.07, 6.45) is 2.81. The van der Waals surface area contributed by atoms with Crippen LogP contribution in [0.25, 0.3) is 0 Å². The lowest BCUT2D eigenvalue weighted by Gasteiger charge is -2.24. The molecule has 1 aliphatic heterocycles. The average molecular weight is 326 g/mol. The Labute approximate surface area is 138 Å². The molecule has 0 bridgehead atoms. The number of carbonyl (C=O) groups is 3. The maximum atomic E-state index is 12.1. The number of rotatable bonds is 5. The van der Waals surface area contributed by atoms with Crippen LogP contribution in [0.4, 0.5) is 11.4 Å². The number of H-pyrrole nitrogens is 1. The molecule has 0 saturated carbocycles. The molecule has 3 amide bonds. The SMILES string of the molecule is NC(=O)c1cc(NC(=O)CC[C@@H]2Cc3ccccc3NC2=O)c[nH]1. The van der Waals surface area contributed by atoms with Crippen molar-refractivity contribution in [1.82, 2.24) is 4.98 Å². The standard InChI is InChI=1S/C17H18N4O3/c18-16(23)14-8-12(9-19-14)20-15(22)6-5-11-7-10-3-1-2-4-13(10)21-17(11)24/h1-4,8-9,11,19H,5-7H2,(H2,18,23)(H,20,22)(H,21,24)/t11-/m1/s1. The zero-order valence-corrected chi connectivity index (χ0v) is 13.0. The van der Waals surface area contributed by atoms with E-state index in [0.29, 0.717) is 18.5 Å². The minimum atomic E-state index is -0.590. The smallest absolute Gasteiger partial charge is 0.265 e. The minimum Gasteiger partial charge on any atom is -0.364 e. The number of primary amides is 1. The maximum Gasteiger partial charge on any atom is 0.265 e. The number of anilines is 2. The highest BCUT2D eigenvalue weighted by atomic mass is 16.2. The Kier molecular flexibility index (Phi) is 4.33. The van der Waals surface area contributed by atoms with E-state index >= 15 is 0 Å². The van der Waals surface area contributed by atoms with Crippen LogP contribution in [0.3, 0.4) is 0 Å². The van der Waals surface area contributed by atoms with Crippen LogP contribution in [0.5, 0.6) is 0 Å². The van der Waals surface area contributed by atoms with Gasteiger partial charge in [0.05, 0.1) is 5.69 Å². The predicted octanol–water partition coefficient (Wildman–Crippen LogP) is 1.64. The summed E-state index contributed by atoms with van der Waals surface area (Å²) in [5.74, 6) is -1.08. The Morgan fingerprint density at radius 1 is 1.29 bits per heavy atom. The first-order chi connectivity index (χ1) is 11.5. The van der Waals surface area contributed by atoms with Gasteiger partial charge < -0.3 is 21.4 Å². The zero-order chi connectivity index (χ0) is 17.1. The third-order valence-corrected chi connectivity index (χ3v) is 4.06. The van der Waals surface area contributed by atoms with E-state index in [9.17, 15) is 14.4 Å². The molecule has 0 unspecified atom stereocenters. The molecular formula is C17H18N4O3. The molecule has 1 aliphatic rings. The number of fused-ring (bicyclic) bond motifs is 1. The van der Waals surface area contributed by atoms with Crippen LogP contribution in [-0.4, -0.2) is 22.7 Å². The lowest BCUT2D eigenvalue weighted by Crippen LogP contribution is -2.30. The monoisotopic (exact) mass is 326 g/mol. The van der Waals surface area contributed by atoms with Gasteiger partial charge in [0.15, 0.2) is 0 Å². The first kappa shape index (κ1) is 15.8. The number of para-hydroxylation sites is 1. The number of aromatic nitrogens is 1. The van der Waals surface area contributed by atoms with E-state index in [0.717, 1.165) is 11.3 Å². The zero-order valence-electron chi connectivity index (χ0n) is 13.0. The van der Waals surface area contributed by atoms with E-state index < -0.39 is 5.91 Å². The van der Waals surface area contributed by atoms with Gasteiger partial charge >= 0.3 is 0 Å². The highest BCUT2D eigenvalue weighted by molar-refractivity contribution is 5.97. The summed E-state index contributed by atoms with van der Waals surface area (Å²) in [6, 6.07) is 9.14. The molecule has 0 spiro atoms. The van der Waals surface area contributed by atoms with Crippen molar-refractivity contribution < 1.29 is 14.4 Å². The molecule has 3 rings (SSSR count). The summed E-state index contributed by atoms with van der Waals surface area (Å²) in [4.78, 5) is 37.8. The number of hydrogen-bond donors (Lipinski definition) is 4. The van der Waals surface area contributed by atoms with Gasteiger partial charge in [0, 0.05) is 24.2 Å². The first-order valence-electron chi connectivity index (χ1n) is 7.70. The van der Waals surface area contributed by atoms with Crippen molar-refractivity contribution in [3.63, 3.8) is 0 Å². The highest BCUT2D eigenvalue weighted by Crippen LogP contribution is 2.27. The minimum absolute atomic E-state index is 0.0563. The molecule has 0 radical (unpaired) electrons. The van der Waals surface area contributed by atoms with Gasteiger partial charge in [-0.2, -0.15) is 0 Å². The summed E-state index contributed by atoms with van der Waals surface area (Å²) in [5, 5.41) is 5.55. The molecule has 1 aromatic carbocycles. The number of nitrogens with one attached hydrogen (secondary N) is 3. The van der Waals surface area contributed by atoms with E-state index in [1.54, 1.807) is 0 Å². The lowest BCUT2D eigenvalue weighted by atomic mass is 9.89. The van der Waals surface area contributed by atoms with E-state index in [1.807, 2.05) is 24.3 Å². The van der Waals surface area contributed by atoms with E-state index in [2.05, 4.69) is 15.6 Å². The number of benzene rings is 1. The molecule has 124 valence electrons. The average Bonchev–Trinajstić information content (AvgIpc) is 3.01. The maximum absolute atomic E-state index is 12.1. The predicted molar refractivity (Wildman–Crippen MR) is 89.4 cm³/mol. The molecular weight excluding hydrogens is 308 g/mol. The number of amides is 3. The van der Waals surface area contributed by atoms with E-state index in [-0.39, 0.29) is 29.8 Å². The molecule has 24 heavy (non-hydrogen) atoms. The van der Waals surface area contributed by atoms with Crippen LogP contribution in [0.15, 0.2) is 36.5 Å². The van der Waals surface area contributed by atoms with Crippen molar-refractivity contribution in [2.24, 2.45) is 11.7 Å². The van der Waals surface area contributed by atoms with Gasteiger partial charge in [0.1, 0.15) is 5.69 Å². The Balaban J connectivity index is 1.54. The van der Waals surface area contributed by atoms with Gasteiger partial charge in [0.2, 0.25) is 11.8 Å². The third kappa shape index (κ3) is 3.45. The highest BCUT2D eigenvalue weighted by Gasteiger charge is 2.26. The number of aromatic amines is 1. The second kappa shape index (κ2) is 6.57. The molecule has 0 fully saturated rings. The fourth-order valence-electron chi connectivity index (χ4n) is 2.78. The largest absolute Gasteiger partial charge is 0.364 e. The molecule has 0 aliphatic carbocycles. The van der Waals surface area contributed by atoms with Crippen LogP contribution in [0, 0.1) is 5.92 Å². The molecule has 1 atom stereocenters. The second-order valence-corrected chi connectivity index (χ2v) is 5.80. The molecule has 2 heterocycles. The van der Waals surface area contributed by atoms with Gasteiger partial charge in [-0.15, -0.1) is 0 Å². The Hall–Kier alpha value is -3.09. The number of carbonyl (C=O) groups excluding carboxylic acids is 3. The van der Waals surface area contributed by atoms with Crippen LogP contribution in [0.1, 0.15) is 28.9 Å². The van der Waals surface area contributed by atoms with E-state index in [1.165, 1.54) is 12.3 Å². The van der Waals surface area contributed by atoms with Crippen LogP contribution >= 0.6 is 0 Å². The molecule has 1 aromatic heterocycles. The molecule has 5 N–H and O–H groups in total. The van der Waals surface area contributed by atoms with Gasteiger partial charge in [0.25, 0.3) is 5.91 Å². The quantitative estimate of drug-likeness (QED) is 0.669. The normalized spacial score (nSPS) is 16.2. The Bertz CT molecular complexity index is 797. The summed E-state index contributed by atoms with van der Waals surface area (Å²) < 4.78 is 0. The lowest BCUT2D eigenvalue weighted by molar-refractivity contribution is -0.121. The van der Waals surface area contributed by atoms with Crippen molar-refractivity contribution in [3.05, 3.63) is 47.8 Å². The topological polar surface area (TPSA) is 117 Å². The molecule has 7 nitrogen and oxygen atoms in total. The van der Waals surface area contributed by atoms with Crippen molar-refractivity contribution in [2.45, 2.75) is 19.3 Å². The van der Waals surface area contributed by atoms with Crippen molar-refractivity contribution >= 4 is 29.1 Å². The first-order valence-corrected chi connectivity index (χ1v) is 7.70. The number of hydrogen-bond acceptors (Lipinski definition) is 3. The van der Waals surface area contributed by atoms with E-state index in [4.69, 9.17) is 5.73 Å². The fraction of sp³-hybridized carbons (Fsp3) is 0.235. The van der Waals surface area contributed by atoms with Crippen molar-refractivity contribution in [2.75, 3.05) is 10.6 Å². The Morgan fingerprint density at radius 3 is 2.83 bits per heavy atom.